The predicted octanol–water partition coefficient (Wildman–Crippen LogP) is 2.23. The Balaban J connectivity index is 1.52. The van der Waals surface area contributed by atoms with E-state index in [1.807, 2.05) is 16.9 Å². The molecule has 3 aromatic rings. The van der Waals surface area contributed by atoms with Crippen LogP contribution in [0, 0.1) is 5.82 Å². The van der Waals surface area contributed by atoms with Gasteiger partial charge in [0.15, 0.2) is 0 Å². The Labute approximate surface area is 132 Å². The first-order valence-electron chi connectivity index (χ1n) is 7.29. The molecule has 0 aliphatic rings. The van der Waals surface area contributed by atoms with Crippen LogP contribution in [-0.2, 0) is 6.54 Å². The second-order valence-corrected chi connectivity index (χ2v) is 5.05. The van der Waals surface area contributed by atoms with Crippen molar-refractivity contribution < 1.29 is 9.18 Å². The highest BCUT2D eigenvalue weighted by Crippen LogP contribution is 2.17. The number of nitrogens with zero attached hydrogens (tertiary/aromatic N) is 3. The molecular formula is C16H16FN5O. The molecule has 2 aromatic heterocycles. The quantitative estimate of drug-likeness (QED) is 0.685. The van der Waals surface area contributed by atoms with E-state index in [0.717, 1.165) is 18.5 Å². The molecule has 0 saturated heterocycles. The number of H-pyrrole nitrogens is 1. The molecule has 6 nitrogen and oxygen atoms in total. The van der Waals surface area contributed by atoms with Crippen LogP contribution in [0.15, 0.2) is 48.8 Å². The third kappa shape index (κ3) is 3.82. The number of nitrogens with one attached hydrogen (secondary N) is 2. The summed E-state index contributed by atoms with van der Waals surface area (Å²) in [4.78, 5) is 12.0. The SMILES string of the molecule is O=C(NCCCn1cccn1)c1cc(-c2ccc(F)cc2)n[nH]1. The summed E-state index contributed by atoms with van der Waals surface area (Å²) in [7, 11) is 0. The van der Waals surface area contributed by atoms with Crippen LogP contribution in [0.25, 0.3) is 11.3 Å². The fraction of sp³-hybridized carbons (Fsp3) is 0.188. The van der Waals surface area contributed by atoms with E-state index in [1.54, 1.807) is 24.4 Å². The molecular weight excluding hydrogens is 297 g/mol. The maximum Gasteiger partial charge on any atom is 0.269 e. The van der Waals surface area contributed by atoms with E-state index in [4.69, 9.17) is 0 Å². The van der Waals surface area contributed by atoms with Gasteiger partial charge in [0.2, 0.25) is 0 Å². The van der Waals surface area contributed by atoms with Crippen LogP contribution in [0.4, 0.5) is 4.39 Å². The Bertz CT molecular complexity index is 764. The van der Waals surface area contributed by atoms with Crippen LogP contribution in [0.1, 0.15) is 16.9 Å². The molecule has 23 heavy (non-hydrogen) atoms. The number of carbonyl (C=O) groups excluding carboxylic acids is 1. The van der Waals surface area contributed by atoms with E-state index in [1.165, 1.54) is 12.1 Å². The molecule has 118 valence electrons. The molecule has 2 heterocycles. The molecule has 0 aliphatic heterocycles. The van der Waals surface area contributed by atoms with Crippen LogP contribution in [0.5, 0.6) is 0 Å². The van der Waals surface area contributed by atoms with Crippen LogP contribution in [0.3, 0.4) is 0 Å². The molecule has 0 bridgehead atoms. The van der Waals surface area contributed by atoms with Gasteiger partial charge in [-0.3, -0.25) is 14.6 Å². The summed E-state index contributed by atoms with van der Waals surface area (Å²) in [6, 6.07) is 9.48. The first-order valence-corrected chi connectivity index (χ1v) is 7.29. The van der Waals surface area contributed by atoms with E-state index in [-0.39, 0.29) is 11.7 Å². The zero-order valence-corrected chi connectivity index (χ0v) is 12.4. The van der Waals surface area contributed by atoms with Gasteiger partial charge in [-0.25, -0.2) is 4.39 Å². The number of rotatable bonds is 6. The lowest BCUT2D eigenvalue weighted by molar-refractivity contribution is 0.0947. The van der Waals surface area contributed by atoms with Crippen molar-refractivity contribution in [1.29, 1.82) is 0 Å². The zero-order valence-electron chi connectivity index (χ0n) is 12.4. The Morgan fingerprint density at radius 1 is 1.30 bits per heavy atom. The van der Waals surface area contributed by atoms with Crippen LogP contribution < -0.4 is 5.32 Å². The fourth-order valence-corrected chi connectivity index (χ4v) is 2.18. The Morgan fingerprint density at radius 3 is 2.87 bits per heavy atom. The van der Waals surface area contributed by atoms with Crippen molar-refractivity contribution in [2.45, 2.75) is 13.0 Å². The lowest BCUT2D eigenvalue weighted by Crippen LogP contribution is -2.25. The molecule has 0 saturated carbocycles. The average Bonchev–Trinajstić information content (AvgIpc) is 3.24. The number of amides is 1. The molecule has 0 aliphatic carbocycles. The molecule has 0 atom stereocenters. The minimum atomic E-state index is -0.306. The lowest BCUT2D eigenvalue weighted by atomic mass is 10.1. The monoisotopic (exact) mass is 313 g/mol. The zero-order chi connectivity index (χ0) is 16.1. The third-order valence-corrected chi connectivity index (χ3v) is 3.37. The molecule has 2 N–H and O–H groups in total. The maximum atomic E-state index is 12.9. The van der Waals surface area contributed by atoms with Gasteiger partial charge in [0, 0.05) is 31.0 Å². The molecule has 3 rings (SSSR count). The summed E-state index contributed by atoms with van der Waals surface area (Å²) in [6.45, 7) is 1.29. The summed E-state index contributed by atoms with van der Waals surface area (Å²) < 4.78 is 14.7. The topological polar surface area (TPSA) is 75.6 Å². The smallest absolute Gasteiger partial charge is 0.269 e. The van der Waals surface area contributed by atoms with Gasteiger partial charge in [0.1, 0.15) is 11.5 Å². The van der Waals surface area contributed by atoms with E-state index in [9.17, 15) is 9.18 Å². The number of hydrogen-bond donors (Lipinski definition) is 2. The number of aromatic amines is 1. The number of aromatic nitrogens is 4. The number of carbonyl (C=O) groups is 1. The Kier molecular flexibility index (Phi) is 4.46. The first-order chi connectivity index (χ1) is 11.2. The van der Waals surface area contributed by atoms with E-state index >= 15 is 0 Å². The van der Waals surface area contributed by atoms with Crippen molar-refractivity contribution in [1.82, 2.24) is 25.3 Å². The van der Waals surface area contributed by atoms with Gasteiger partial charge in [-0.05, 0) is 42.8 Å². The van der Waals surface area contributed by atoms with E-state index in [0.29, 0.717) is 17.9 Å². The van der Waals surface area contributed by atoms with Gasteiger partial charge in [0.25, 0.3) is 5.91 Å². The summed E-state index contributed by atoms with van der Waals surface area (Å²) >= 11 is 0. The van der Waals surface area contributed by atoms with Crippen molar-refractivity contribution in [3.05, 3.63) is 60.3 Å². The van der Waals surface area contributed by atoms with Crippen molar-refractivity contribution in [2.75, 3.05) is 6.54 Å². The Morgan fingerprint density at radius 2 is 2.13 bits per heavy atom. The number of benzene rings is 1. The number of hydrogen-bond acceptors (Lipinski definition) is 3. The highest BCUT2D eigenvalue weighted by Gasteiger charge is 2.10. The van der Waals surface area contributed by atoms with E-state index in [2.05, 4.69) is 20.6 Å². The van der Waals surface area contributed by atoms with Crippen molar-refractivity contribution in [3.63, 3.8) is 0 Å². The first kappa shape index (κ1) is 15.0. The highest BCUT2D eigenvalue weighted by molar-refractivity contribution is 5.93. The number of aryl methyl sites for hydroxylation is 1. The second-order valence-electron chi connectivity index (χ2n) is 5.05. The van der Waals surface area contributed by atoms with Gasteiger partial charge in [-0.2, -0.15) is 10.2 Å². The summed E-state index contributed by atoms with van der Waals surface area (Å²) in [5.74, 6) is -0.522. The minimum Gasteiger partial charge on any atom is -0.351 e. The van der Waals surface area contributed by atoms with Crippen molar-refractivity contribution >= 4 is 5.91 Å². The van der Waals surface area contributed by atoms with Gasteiger partial charge >= 0.3 is 0 Å². The predicted molar refractivity (Wildman–Crippen MR) is 83.2 cm³/mol. The molecule has 1 amide bonds. The van der Waals surface area contributed by atoms with Crippen LogP contribution in [-0.4, -0.2) is 32.4 Å². The Hall–Kier alpha value is -2.96. The maximum absolute atomic E-state index is 12.9. The van der Waals surface area contributed by atoms with Crippen molar-refractivity contribution in [2.24, 2.45) is 0 Å². The summed E-state index contributed by atoms with van der Waals surface area (Å²) in [6.07, 6.45) is 4.39. The van der Waals surface area contributed by atoms with Gasteiger partial charge in [-0.15, -0.1) is 0 Å². The van der Waals surface area contributed by atoms with Gasteiger partial charge in [0.05, 0.1) is 5.69 Å². The molecule has 0 fully saturated rings. The molecule has 0 spiro atoms. The number of halogens is 1. The fourth-order valence-electron chi connectivity index (χ4n) is 2.18. The second kappa shape index (κ2) is 6.87. The normalized spacial score (nSPS) is 10.7. The van der Waals surface area contributed by atoms with E-state index < -0.39 is 0 Å². The largest absolute Gasteiger partial charge is 0.351 e. The van der Waals surface area contributed by atoms with Gasteiger partial charge in [-0.1, -0.05) is 0 Å². The molecule has 0 unspecified atom stereocenters. The lowest BCUT2D eigenvalue weighted by Gasteiger charge is -2.03. The third-order valence-electron chi connectivity index (χ3n) is 3.37. The standard InChI is InChI=1S/C16H16FN5O/c17-13-5-3-12(4-6-13)14-11-15(21-20-14)16(23)18-7-1-9-22-10-2-8-19-22/h2-6,8,10-11H,1,7,9H2,(H,18,23)(H,20,21). The molecule has 0 radical (unpaired) electrons. The van der Waals surface area contributed by atoms with Gasteiger partial charge < -0.3 is 5.32 Å². The van der Waals surface area contributed by atoms with Crippen LogP contribution >= 0.6 is 0 Å². The molecule has 7 heteroatoms. The average molecular weight is 313 g/mol. The minimum absolute atomic E-state index is 0.216. The molecule has 1 aromatic carbocycles. The summed E-state index contributed by atoms with van der Waals surface area (Å²) in [5.41, 5.74) is 1.73. The van der Waals surface area contributed by atoms with Crippen molar-refractivity contribution in [3.8, 4) is 11.3 Å². The summed E-state index contributed by atoms with van der Waals surface area (Å²) in [5, 5.41) is 13.7. The highest BCUT2D eigenvalue weighted by atomic mass is 19.1. The van der Waals surface area contributed by atoms with Crippen LogP contribution in [0.2, 0.25) is 0 Å².